The van der Waals surface area contributed by atoms with Gasteiger partial charge in [0.25, 0.3) is 0 Å². The van der Waals surface area contributed by atoms with Crippen LogP contribution in [0.2, 0.25) is 0 Å². The molecule has 1 aromatic carbocycles. The zero-order chi connectivity index (χ0) is 9.68. The van der Waals surface area contributed by atoms with Gasteiger partial charge in [-0.2, -0.15) is 0 Å². The molecular formula is C9H7FO2S. The highest BCUT2D eigenvalue weighted by Gasteiger charge is 2.00. The molecule has 0 aliphatic heterocycles. The van der Waals surface area contributed by atoms with Gasteiger partial charge in [-0.1, -0.05) is 0 Å². The van der Waals surface area contributed by atoms with Gasteiger partial charge in [0.1, 0.15) is 5.82 Å². The summed E-state index contributed by atoms with van der Waals surface area (Å²) >= 11 is 0.452. The van der Waals surface area contributed by atoms with Crippen LogP contribution >= 0.6 is 12.0 Å². The highest BCUT2D eigenvalue weighted by Crippen LogP contribution is 2.05. The third kappa shape index (κ3) is 3.01. The second kappa shape index (κ2) is 4.79. The van der Waals surface area contributed by atoms with Crippen molar-refractivity contribution in [2.45, 2.75) is 0 Å². The van der Waals surface area contributed by atoms with Gasteiger partial charge in [-0.15, -0.1) is 0 Å². The van der Waals surface area contributed by atoms with Crippen molar-refractivity contribution >= 4 is 17.8 Å². The van der Waals surface area contributed by atoms with Crippen molar-refractivity contribution in [1.82, 2.24) is 0 Å². The monoisotopic (exact) mass is 198 g/mol. The molecule has 0 unspecified atom stereocenters. The molecule has 0 heterocycles. The number of allylic oxidation sites excluding steroid dienone is 1. The molecule has 0 atom stereocenters. The highest BCUT2D eigenvalue weighted by atomic mass is 32.2. The van der Waals surface area contributed by atoms with Gasteiger partial charge in [-0.3, -0.25) is 4.79 Å². The number of carbonyl (C=O) groups excluding carboxylic acids is 1. The van der Waals surface area contributed by atoms with Gasteiger partial charge in [0.2, 0.25) is 0 Å². The Kier molecular flexibility index (Phi) is 3.67. The summed E-state index contributed by atoms with van der Waals surface area (Å²) < 4.78 is 20.8. The van der Waals surface area contributed by atoms with Crippen LogP contribution in [0.4, 0.5) is 4.39 Å². The minimum atomic E-state index is -0.378. The first kappa shape index (κ1) is 9.95. The summed E-state index contributed by atoms with van der Waals surface area (Å²) in [5.74, 6) is -0.640. The van der Waals surface area contributed by atoms with Gasteiger partial charge in [0.05, 0.1) is 0 Å². The fourth-order valence-electron chi connectivity index (χ4n) is 0.803. The topological polar surface area (TPSA) is 37.3 Å². The fraction of sp³-hybridized carbons (Fsp3) is 0. The molecule has 0 aliphatic rings. The molecule has 4 heteroatoms. The van der Waals surface area contributed by atoms with Gasteiger partial charge in [-0.05, 0) is 30.3 Å². The summed E-state index contributed by atoms with van der Waals surface area (Å²) in [4.78, 5) is 11.2. The second-order valence-corrected chi connectivity index (χ2v) is 2.76. The molecule has 1 rings (SSSR count). The summed E-state index contributed by atoms with van der Waals surface area (Å²) in [6, 6.07) is 5.22. The van der Waals surface area contributed by atoms with E-state index in [2.05, 4.69) is 0 Å². The lowest BCUT2D eigenvalue weighted by atomic mass is 10.1. The van der Waals surface area contributed by atoms with Gasteiger partial charge >= 0.3 is 0 Å². The zero-order valence-electron chi connectivity index (χ0n) is 6.61. The molecule has 0 aromatic heterocycles. The fourth-order valence-corrected chi connectivity index (χ4v) is 0.987. The van der Waals surface area contributed by atoms with Gasteiger partial charge in [-0.25, -0.2) is 4.39 Å². The van der Waals surface area contributed by atoms with E-state index in [0.29, 0.717) is 17.6 Å². The first-order valence-corrected chi connectivity index (χ1v) is 4.34. The molecule has 68 valence electrons. The highest BCUT2D eigenvalue weighted by molar-refractivity contribution is 7.96. The van der Waals surface area contributed by atoms with E-state index in [1.165, 1.54) is 35.7 Å². The van der Waals surface area contributed by atoms with E-state index >= 15 is 0 Å². The van der Waals surface area contributed by atoms with Gasteiger partial charge in [0, 0.05) is 23.0 Å². The molecule has 0 radical (unpaired) electrons. The molecule has 0 fully saturated rings. The standard InChI is InChI=1S/C9H7FO2S/c10-8-3-1-7(2-4-8)9(11)5-6-13-12/h1-6,12H/b6-5+. The maximum absolute atomic E-state index is 12.4. The van der Waals surface area contributed by atoms with Crippen molar-refractivity contribution in [2.75, 3.05) is 0 Å². The molecule has 1 aromatic rings. The summed E-state index contributed by atoms with van der Waals surface area (Å²) in [7, 11) is 0. The molecule has 0 bridgehead atoms. The van der Waals surface area contributed by atoms with Crippen LogP contribution in [0.25, 0.3) is 0 Å². The van der Waals surface area contributed by atoms with E-state index in [-0.39, 0.29) is 11.6 Å². The van der Waals surface area contributed by atoms with E-state index in [9.17, 15) is 9.18 Å². The van der Waals surface area contributed by atoms with Crippen molar-refractivity contribution < 1.29 is 13.7 Å². The van der Waals surface area contributed by atoms with Crippen molar-refractivity contribution in [1.29, 1.82) is 0 Å². The SMILES string of the molecule is O=C(/C=C/SO)c1ccc(F)cc1. The number of ketones is 1. The minimum absolute atomic E-state index is 0.262. The maximum Gasteiger partial charge on any atom is 0.186 e. The molecule has 2 nitrogen and oxygen atoms in total. The van der Waals surface area contributed by atoms with Crippen molar-refractivity contribution in [2.24, 2.45) is 0 Å². The molecule has 13 heavy (non-hydrogen) atoms. The van der Waals surface area contributed by atoms with Crippen LogP contribution in [0, 0.1) is 5.82 Å². The third-order valence-electron chi connectivity index (χ3n) is 1.41. The average molecular weight is 198 g/mol. The van der Waals surface area contributed by atoms with Crippen LogP contribution in [0.5, 0.6) is 0 Å². The first-order valence-electron chi connectivity index (χ1n) is 3.50. The predicted octanol–water partition coefficient (Wildman–Crippen LogP) is 2.73. The Bertz CT molecular complexity index is 319. The minimum Gasteiger partial charge on any atom is -0.326 e. The normalized spacial score (nSPS) is 10.6. The third-order valence-corrected chi connectivity index (χ3v) is 1.67. The quantitative estimate of drug-likeness (QED) is 0.461. The smallest absolute Gasteiger partial charge is 0.186 e. The number of carbonyl (C=O) groups is 1. The van der Waals surface area contributed by atoms with Crippen LogP contribution in [0.3, 0.4) is 0 Å². The van der Waals surface area contributed by atoms with Crippen LogP contribution in [-0.2, 0) is 0 Å². The Morgan fingerprint density at radius 3 is 2.54 bits per heavy atom. The first-order chi connectivity index (χ1) is 6.24. The number of halogens is 1. The lowest BCUT2D eigenvalue weighted by Crippen LogP contribution is -1.93. The van der Waals surface area contributed by atoms with Gasteiger partial charge < -0.3 is 4.55 Å². The van der Waals surface area contributed by atoms with Crippen LogP contribution in [-0.4, -0.2) is 10.3 Å². The molecule has 0 saturated heterocycles. The Hall–Kier alpha value is -1.13. The average Bonchev–Trinajstić information content (AvgIpc) is 2.15. The number of hydrogen-bond donors (Lipinski definition) is 1. The van der Waals surface area contributed by atoms with Crippen LogP contribution < -0.4 is 0 Å². The van der Waals surface area contributed by atoms with Crippen LogP contribution in [0.1, 0.15) is 10.4 Å². The molecule has 0 saturated carbocycles. The summed E-state index contributed by atoms with van der Waals surface area (Å²) in [6.07, 6.45) is 1.22. The summed E-state index contributed by atoms with van der Waals surface area (Å²) in [5.41, 5.74) is 0.395. The Balaban J connectivity index is 2.78. The Morgan fingerprint density at radius 2 is 2.00 bits per heavy atom. The van der Waals surface area contributed by atoms with Crippen molar-refractivity contribution in [3.8, 4) is 0 Å². The maximum atomic E-state index is 12.4. The van der Waals surface area contributed by atoms with Crippen molar-refractivity contribution in [3.05, 3.63) is 47.1 Å². The van der Waals surface area contributed by atoms with E-state index < -0.39 is 0 Å². The van der Waals surface area contributed by atoms with E-state index in [1.54, 1.807) is 0 Å². The lowest BCUT2D eigenvalue weighted by Gasteiger charge is -1.93. The van der Waals surface area contributed by atoms with E-state index in [4.69, 9.17) is 4.55 Å². The predicted molar refractivity (Wildman–Crippen MR) is 50.1 cm³/mol. The Labute approximate surface area is 79.3 Å². The van der Waals surface area contributed by atoms with Crippen LogP contribution in [0.15, 0.2) is 35.7 Å². The van der Waals surface area contributed by atoms with E-state index in [1.807, 2.05) is 0 Å². The largest absolute Gasteiger partial charge is 0.326 e. The number of rotatable bonds is 3. The van der Waals surface area contributed by atoms with E-state index in [0.717, 1.165) is 0 Å². The zero-order valence-corrected chi connectivity index (χ0v) is 7.42. The summed E-state index contributed by atoms with van der Waals surface area (Å²) in [5, 5.41) is 1.26. The van der Waals surface area contributed by atoms with Gasteiger partial charge in [0.15, 0.2) is 5.78 Å². The summed E-state index contributed by atoms with van der Waals surface area (Å²) in [6.45, 7) is 0. The number of hydrogen-bond acceptors (Lipinski definition) is 3. The molecule has 0 spiro atoms. The molecule has 0 amide bonds. The molecular weight excluding hydrogens is 191 g/mol. The van der Waals surface area contributed by atoms with Crippen molar-refractivity contribution in [3.63, 3.8) is 0 Å². The molecule has 0 aliphatic carbocycles. The number of benzene rings is 1. The Morgan fingerprint density at radius 1 is 1.38 bits per heavy atom. The molecule has 1 N–H and O–H groups in total. The lowest BCUT2D eigenvalue weighted by molar-refractivity contribution is 0.104. The second-order valence-electron chi connectivity index (χ2n) is 2.28.